The van der Waals surface area contributed by atoms with Crippen LogP contribution in [0.15, 0.2) is 24.8 Å². The first-order valence-electron chi connectivity index (χ1n) is 5.70. The lowest BCUT2D eigenvalue weighted by atomic mass is 9.62. The SMILES string of the molecule is C=C[C@@]1(C)CC[C@H](C(C)=O)C[C@@H]1C(=C)C. The predicted octanol–water partition coefficient (Wildman–Crippen LogP) is 3.76. The van der Waals surface area contributed by atoms with Crippen molar-refractivity contribution in [2.75, 3.05) is 0 Å². The third-order valence-electron chi connectivity index (χ3n) is 3.98. The molecule has 1 saturated carbocycles. The molecule has 0 aromatic carbocycles. The first-order valence-corrected chi connectivity index (χ1v) is 5.70. The minimum atomic E-state index is 0.137. The highest BCUT2D eigenvalue weighted by molar-refractivity contribution is 5.78. The molecule has 1 rings (SSSR count). The lowest BCUT2D eigenvalue weighted by Gasteiger charge is -2.42. The van der Waals surface area contributed by atoms with Crippen LogP contribution >= 0.6 is 0 Å². The van der Waals surface area contributed by atoms with Gasteiger partial charge in [-0.05, 0) is 44.4 Å². The number of hydrogen-bond acceptors (Lipinski definition) is 1. The molecule has 84 valence electrons. The van der Waals surface area contributed by atoms with Gasteiger partial charge in [0.1, 0.15) is 5.78 Å². The molecule has 0 aromatic rings. The zero-order valence-electron chi connectivity index (χ0n) is 10.2. The standard InChI is InChI=1S/C14H22O/c1-6-14(5)8-7-12(11(4)15)9-13(14)10(2)3/h6,12-13H,1-2,7-9H2,3-5H3/t12-,13+,14-/m0/s1. The Hall–Kier alpha value is -0.850. The maximum Gasteiger partial charge on any atom is 0.132 e. The monoisotopic (exact) mass is 206 g/mol. The van der Waals surface area contributed by atoms with Gasteiger partial charge in [0, 0.05) is 5.92 Å². The second kappa shape index (κ2) is 4.34. The van der Waals surface area contributed by atoms with Crippen molar-refractivity contribution in [2.24, 2.45) is 17.3 Å². The van der Waals surface area contributed by atoms with Crippen LogP contribution in [0.1, 0.15) is 40.0 Å². The molecule has 1 aliphatic rings. The molecule has 1 aliphatic carbocycles. The van der Waals surface area contributed by atoms with Gasteiger partial charge < -0.3 is 0 Å². The molecule has 3 atom stereocenters. The van der Waals surface area contributed by atoms with Gasteiger partial charge in [0.05, 0.1) is 0 Å². The summed E-state index contributed by atoms with van der Waals surface area (Å²) in [6.45, 7) is 14.0. The average Bonchev–Trinajstić information content (AvgIpc) is 2.17. The van der Waals surface area contributed by atoms with Gasteiger partial charge in [-0.15, -0.1) is 6.58 Å². The van der Waals surface area contributed by atoms with Crippen molar-refractivity contribution < 1.29 is 4.79 Å². The van der Waals surface area contributed by atoms with E-state index in [1.54, 1.807) is 6.92 Å². The van der Waals surface area contributed by atoms with Gasteiger partial charge in [0.25, 0.3) is 0 Å². The minimum Gasteiger partial charge on any atom is -0.300 e. The highest BCUT2D eigenvalue weighted by atomic mass is 16.1. The maximum atomic E-state index is 11.4. The fourth-order valence-corrected chi connectivity index (χ4v) is 2.71. The Balaban J connectivity index is 2.88. The van der Waals surface area contributed by atoms with Gasteiger partial charge in [-0.2, -0.15) is 0 Å². The van der Waals surface area contributed by atoms with Crippen LogP contribution in [0.3, 0.4) is 0 Å². The van der Waals surface area contributed by atoms with Crippen LogP contribution in [0.5, 0.6) is 0 Å². The molecule has 0 saturated heterocycles. The molecule has 0 aromatic heterocycles. The van der Waals surface area contributed by atoms with Crippen molar-refractivity contribution in [3.63, 3.8) is 0 Å². The van der Waals surface area contributed by atoms with E-state index < -0.39 is 0 Å². The molecule has 0 N–H and O–H groups in total. The molecule has 0 heterocycles. The normalized spacial score (nSPS) is 35.9. The molecule has 15 heavy (non-hydrogen) atoms. The van der Waals surface area contributed by atoms with E-state index in [4.69, 9.17) is 0 Å². The molecule has 1 fully saturated rings. The molecular weight excluding hydrogens is 184 g/mol. The zero-order chi connectivity index (χ0) is 11.6. The lowest BCUT2D eigenvalue weighted by molar-refractivity contribution is -0.122. The van der Waals surface area contributed by atoms with Crippen LogP contribution in [-0.2, 0) is 4.79 Å². The van der Waals surface area contributed by atoms with Gasteiger partial charge in [0.15, 0.2) is 0 Å². The van der Waals surface area contributed by atoms with Crippen LogP contribution in [-0.4, -0.2) is 5.78 Å². The first-order chi connectivity index (χ1) is 6.90. The largest absolute Gasteiger partial charge is 0.300 e. The van der Waals surface area contributed by atoms with Crippen molar-refractivity contribution >= 4 is 5.78 Å². The van der Waals surface area contributed by atoms with E-state index in [1.165, 1.54) is 5.57 Å². The maximum absolute atomic E-state index is 11.4. The van der Waals surface area contributed by atoms with Crippen molar-refractivity contribution in [3.8, 4) is 0 Å². The Bertz CT molecular complexity index is 290. The van der Waals surface area contributed by atoms with Crippen molar-refractivity contribution in [2.45, 2.75) is 40.0 Å². The number of hydrogen-bond donors (Lipinski definition) is 0. The number of rotatable bonds is 3. The smallest absolute Gasteiger partial charge is 0.132 e. The molecule has 0 radical (unpaired) electrons. The number of carbonyl (C=O) groups is 1. The van der Waals surface area contributed by atoms with Crippen LogP contribution in [0, 0.1) is 17.3 Å². The second-order valence-corrected chi connectivity index (χ2v) is 5.19. The van der Waals surface area contributed by atoms with E-state index in [9.17, 15) is 4.79 Å². The van der Waals surface area contributed by atoms with E-state index >= 15 is 0 Å². The van der Waals surface area contributed by atoms with Gasteiger partial charge in [0.2, 0.25) is 0 Å². The second-order valence-electron chi connectivity index (χ2n) is 5.19. The Labute approximate surface area is 93.3 Å². The summed E-state index contributed by atoms with van der Waals surface area (Å²) in [6.07, 6.45) is 5.05. The topological polar surface area (TPSA) is 17.1 Å². The fraction of sp³-hybridized carbons (Fsp3) is 0.643. The zero-order valence-corrected chi connectivity index (χ0v) is 10.2. The van der Waals surface area contributed by atoms with E-state index in [1.807, 2.05) is 6.08 Å². The molecule has 1 nitrogen and oxygen atoms in total. The number of Topliss-reactive ketones (excluding diaryl/α,β-unsaturated/α-hetero) is 1. The third kappa shape index (κ3) is 2.39. The number of carbonyl (C=O) groups excluding carboxylic acids is 1. The van der Waals surface area contributed by atoms with E-state index in [2.05, 4.69) is 27.0 Å². The number of ketones is 1. The van der Waals surface area contributed by atoms with Crippen LogP contribution in [0.4, 0.5) is 0 Å². The molecule has 0 amide bonds. The van der Waals surface area contributed by atoms with E-state index in [0.717, 1.165) is 19.3 Å². The van der Waals surface area contributed by atoms with Crippen molar-refractivity contribution in [3.05, 3.63) is 24.8 Å². The number of allylic oxidation sites excluding steroid dienone is 2. The Kier molecular flexibility index (Phi) is 3.54. The summed E-state index contributed by atoms with van der Waals surface area (Å²) in [4.78, 5) is 11.4. The predicted molar refractivity (Wildman–Crippen MR) is 64.6 cm³/mol. The minimum absolute atomic E-state index is 0.137. The third-order valence-corrected chi connectivity index (χ3v) is 3.98. The molecule has 0 aliphatic heterocycles. The molecule has 0 unspecified atom stereocenters. The van der Waals surface area contributed by atoms with E-state index in [-0.39, 0.29) is 11.3 Å². The molecule has 1 heteroatoms. The summed E-state index contributed by atoms with van der Waals surface area (Å²) < 4.78 is 0. The Morgan fingerprint density at radius 3 is 2.47 bits per heavy atom. The summed E-state index contributed by atoms with van der Waals surface area (Å²) >= 11 is 0. The fourth-order valence-electron chi connectivity index (χ4n) is 2.71. The van der Waals surface area contributed by atoms with Crippen LogP contribution in [0.25, 0.3) is 0 Å². The van der Waals surface area contributed by atoms with Gasteiger partial charge in [-0.25, -0.2) is 0 Å². The summed E-state index contributed by atoms with van der Waals surface area (Å²) in [5, 5.41) is 0. The van der Waals surface area contributed by atoms with Crippen LogP contribution in [0.2, 0.25) is 0 Å². The van der Waals surface area contributed by atoms with Crippen molar-refractivity contribution in [1.29, 1.82) is 0 Å². The summed E-state index contributed by atoms with van der Waals surface area (Å²) in [5.74, 6) is 0.977. The van der Waals surface area contributed by atoms with Gasteiger partial charge >= 0.3 is 0 Å². The average molecular weight is 206 g/mol. The van der Waals surface area contributed by atoms with Crippen LogP contribution < -0.4 is 0 Å². The summed E-state index contributed by atoms with van der Waals surface area (Å²) in [6, 6.07) is 0. The Morgan fingerprint density at radius 2 is 2.07 bits per heavy atom. The Morgan fingerprint density at radius 1 is 1.47 bits per heavy atom. The molecular formula is C14H22O. The molecule has 0 bridgehead atoms. The molecule has 0 spiro atoms. The van der Waals surface area contributed by atoms with Crippen molar-refractivity contribution in [1.82, 2.24) is 0 Å². The highest BCUT2D eigenvalue weighted by Gasteiger charge is 2.39. The van der Waals surface area contributed by atoms with Gasteiger partial charge in [-0.1, -0.05) is 25.2 Å². The summed E-state index contributed by atoms with van der Waals surface area (Å²) in [5.41, 5.74) is 1.32. The van der Waals surface area contributed by atoms with E-state index in [0.29, 0.717) is 11.7 Å². The lowest BCUT2D eigenvalue weighted by Crippen LogP contribution is -2.35. The quantitative estimate of drug-likeness (QED) is 0.643. The highest BCUT2D eigenvalue weighted by Crippen LogP contribution is 2.47. The first kappa shape index (κ1) is 12.2. The summed E-state index contributed by atoms with van der Waals surface area (Å²) in [7, 11) is 0. The van der Waals surface area contributed by atoms with Gasteiger partial charge in [-0.3, -0.25) is 4.79 Å².